The number of likely N-dealkylation sites (tertiary alicyclic amines) is 1. The number of piperidine rings is 1. The molecule has 418 valence electrons. The van der Waals surface area contributed by atoms with E-state index in [2.05, 4.69) is 60.5 Å². The molecule has 5 heterocycles. The molecule has 3 aliphatic rings. The summed E-state index contributed by atoms with van der Waals surface area (Å²) in [5, 5.41) is 46.7. The molecule has 0 bridgehead atoms. The molecule has 0 saturated carbocycles. The Morgan fingerprint density at radius 1 is 0.762 bits per heavy atom. The molecule has 10 rings (SSSR count). The maximum atomic E-state index is 13.6. The number of alkyl halides is 3. The molecule has 0 atom stereocenters. The normalized spacial score (nSPS) is 15.1. The van der Waals surface area contributed by atoms with Crippen molar-refractivity contribution in [2.45, 2.75) is 71.8 Å². The average molecular weight is 1100 g/mol. The number of nitrogens with zero attached hydrogens (tertiary/aromatic N) is 10. The number of fused-ring (bicyclic) bond motifs is 2. The fraction of sp³-hybridized carbons (Fsp3) is 0.373. The number of benzene rings is 5. The van der Waals surface area contributed by atoms with Crippen molar-refractivity contribution in [2.75, 3.05) is 81.1 Å². The number of anilines is 3. The number of rotatable bonds is 16. The highest BCUT2D eigenvalue weighted by molar-refractivity contribution is 5.96. The Morgan fingerprint density at radius 2 is 1.45 bits per heavy atom. The Labute approximate surface area is 461 Å². The lowest BCUT2D eigenvalue weighted by Gasteiger charge is -2.38. The van der Waals surface area contributed by atoms with E-state index in [1.54, 1.807) is 32.0 Å². The maximum Gasteiger partial charge on any atom is 0.405 e. The number of amides is 3. The molecule has 0 spiro atoms. The Kier molecular flexibility index (Phi) is 16.1. The molecule has 2 saturated heterocycles. The van der Waals surface area contributed by atoms with Gasteiger partial charge in [-0.25, -0.2) is 4.98 Å². The van der Waals surface area contributed by atoms with Crippen molar-refractivity contribution in [1.29, 1.82) is 0 Å². The number of aromatic hydroxyl groups is 3. The fourth-order valence-electron chi connectivity index (χ4n) is 11.1. The van der Waals surface area contributed by atoms with Crippen LogP contribution in [0.25, 0.3) is 27.8 Å². The minimum atomic E-state index is -4.65. The van der Waals surface area contributed by atoms with E-state index < -0.39 is 24.5 Å². The van der Waals surface area contributed by atoms with Crippen LogP contribution in [0.1, 0.15) is 70.3 Å². The molecule has 0 unspecified atom stereocenters. The first-order valence-electron chi connectivity index (χ1n) is 27.0. The highest BCUT2D eigenvalue weighted by atomic mass is 19.4. The van der Waals surface area contributed by atoms with Crippen LogP contribution in [-0.4, -0.2) is 145 Å². The van der Waals surface area contributed by atoms with Crippen molar-refractivity contribution in [3.8, 4) is 34.3 Å². The lowest BCUT2D eigenvalue weighted by Crippen LogP contribution is -2.49. The van der Waals surface area contributed by atoms with Gasteiger partial charge in [0.15, 0.2) is 5.82 Å². The SMILES string of the molecule is CC(=O)N1CCN(c2nc(NCCC(=O)N3CCC(Cc4ccc(CN(C)Cc5ccc(-n6c(C(=O)NCC(F)(F)F)nnc6-c6cc(C)c(O)cc6O)cc5)cc4)CC3)nc3c2CCN(c2cc(O)cc4ccccc24)C3)CC1. The first-order chi connectivity index (χ1) is 38.4. The zero-order chi connectivity index (χ0) is 56.2. The van der Waals surface area contributed by atoms with Gasteiger partial charge in [0, 0.05) is 113 Å². The van der Waals surface area contributed by atoms with Crippen LogP contribution in [0.15, 0.2) is 97.1 Å². The summed E-state index contributed by atoms with van der Waals surface area (Å²) in [4.78, 5) is 59.3. The monoisotopic (exact) mass is 1090 g/mol. The number of aryl methyl sites for hydroxylation is 1. The summed E-state index contributed by atoms with van der Waals surface area (Å²) in [7, 11) is 2.00. The summed E-state index contributed by atoms with van der Waals surface area (Å²) < 4.78 is 40.4. The van der Waals surface area contributed by atoms with Gasteiger partial charge in [-0.1, -0.05) is 60.7 Å². The molecule has 0 radical (unpaired) electrons. The predicted octanol–water partition coefficient (Wildman–Crippen LogP) is 7.74. The molecule has 21 heteroatoms. The first kappa shape index (κ1) is 54.9. The molecule has 5 N–H and O–H groups in total. The number of piperazine rings is 1. The van der Waals surface area contributed by atoms with Gasteiger partial charge in [-0.05, 0) is 97.5 Å². The summed E-state index contributed by atoms with van der Waals surface area (Å²) in [5.74, 6) is 0.108. The first-order valence-corrected chi connectivity index (χ1v) is 27.0. The van der Waals surface area contributed by atoms with E-state index in [1.807, 2.05) is 58.6 Å². The third-order valence-corrected chi connectivity index (χ3v) is 15.3. The standard InChI is InChI=1S/C59H65F3N12O6/c1-37-28-48(52(78)32-51(37)77)55-67-68-56(57(80)64-36-59(60,61)62)74(55)44-14-12-42(13-15-44)34-69(3)33-41-10-8-39(9-11-41)29-40-17-21-71(22-18-40)53(79)16-20-63-58-65-49-35-73(50-31-45(76)30-43-6-4-5-7-46(43)50)23-19-47(49)54(66-58)72-26-24-70(25-27-72)38(2)75/h4-15,28,30-32,40,76-78H,16-27,29,33-36H2,1-3H3,(H,64,80)(H,63,65,66). The summed E-state index contributed by atoms with van der Waals surface area (Å²) in [6.07, 6.45) is -0.901. The number of halogens is 3. The van der Waals surface area contributed by atoms with Crippen molar-refractivity contribution in [3.05, 3.63) is 136 Å². The van der Waals surface area contributed by atoms with E-state index in [0.29, 0.717) is 101 Å². The number of carbonyl (C=O) groups excluding carboxylic acids is 3. The second kappa shape index (κ2) is 23.5. The summed E-state index contributed by atoms with van der Waals surface area (Å²) in [6, 6.07) is 29.9. The van der Waals surface area contributed by atoms with E-state index in [1.165, 1.54) is 16.2 Å². The Morgan fingerprint density at radius 3 is 2.15 bits per heavy atom. The smallest absolute Gasteiger partial charge is 0.405 e. The molecular formula is C59H65F3N12O6. The number of hydrogen-bond donors (Lipinski definition) is 5. The summed E-state index contributed by atoms with van der Waals surface area (Å²) in [5.41, 5.74) is 7.13. The zero-order valence-corrected chi connectivity index (χ0v) is 45.0. The predicted molar refractivity (Wildman–Crippen MR) is 298 cm³/mol. The van der Waals surface area contributed by atoms with Gasteiger partial charge in [-0.15, -0.1) is 10.2 Å². The van der Waals surface area contributed by atoms with Crippen molar-refractivity contribution in [2.24, 2.45) is 5.92 Å². The number of aromatic nitrogens is 5. The van der Waals surface area contributed by atoms with E-state index >= 15 is 0 Å². The largest absolute Gasteiger partial charge is 0.508 e. The molecule has 0 aliphatic carbocycles. The molecule has 7 aromatic rings. The van der Waals surface area contributed by atoms with E-state index in [4.69, 9.17) is 9.97 Å². The van der Waals surface area contributed by atoms with Crippen LogP contribution in [0.2, 0.25) is 0 Å². The topological polar surface area (TPSA) is 209 Å². The summed E-state index contributed by atoms with van der Waals surface area (Å²) in [6.45, 7) is 8.43. The highest BCUT2D eigenvalue weighted by Gasteiger charge is 2.32. The minimum absolute atomic E-state index is 0.000748. The number of hydrogen-bond acceptors (Lipinski definition) is 14. The third kappa shape index (κ3) is 12.7. The second-order valence-corrected chi connectivity index (χ2v) is 21.1. The maximum absolute atomic E-state index is 13.6. The Balaban J connectivity index is 0.712. The van der Waals surface area contributed by atoms with Gasteiger partial charge < -0.3 is 45.6 Å². The minimum Gasteiger partial charge on any atom is -0.508 e. The zero-order valence-electron chi connectivity index (χ0n) is 45.0. The number of phenolic OH excluding ortho intramolecular Hbond substituents is 3. The van der Waals surface area contributed by atoms with Gasteiger partial charge in [-0.3, -0.25) is 23.9 Å². The molecule has 2 aromatic heterocycles. The van der Waals surface area contributed by atoms with Crippen molar-refractivity contribution < 1.29 is 42.9 Å². The van der Waals surface area contributed by atoms with Gasteiger partial charge in [-0.2, -0.15) is 18.2 Å². The molecule has 80 heavy (non-hydrogen) atoms. The highest BCUT2D eigenvalue weighted by Crippen LogP contribution is 2.38. The van der Waals surface area contributed by atoms with E-state index in [9.17, 15) is 42.9 Å². The van der Waals surface area contributed by atoms with Crippen molar-refractivity contribution >= 4 is 45.9 Å². The summed E-state index contributed by atoms with van der Waals surface area (Å²) >= 11 is 0. The van der Waals surface area contributed by atoms with Crippen LogP contribution < -0.4 is 20.4 Å². The van der Waals surface area contributed by atoms with Crippen LogP contribution in [-0.2, 0) is 42.1 Å². The van der Waals surface area contributed by atoms with Crippen LogP contribution in [0.3, 0.4) is 0 Å². The lowest BCUT2D eigenvalue weighted by molar-refractivity contribution is -0.132. The molecule has 18 nitrogen and oxygen atoms in total. The fourth-order valence-corrected chi connectivity index (χ4v) is 11.1. The van der Waals surface area contributed by atoms with Crippen molar-refractivity contribution in [1.82, 2.24) is 44.7 Å². The van der Waals surface area contributed by atoms with Crippen LogP contribution in [0.4, 0.5) is 30.6 Å². The van der Waals surface area contributed by atoms with E-state index in [0.717, 1.165) is 76.5 Å². The Hall–Kier alpha value is -8.46. The van der Waals surface area contributed by atoms with Gasteiger partial charge in [0.1, 0.15) is 29.6 Å². The van der Waals surface area contributed by atoms with Crippen LogP contribution in [0, 0.1) is 12.8 Å². The number of nitrogens with one attached hydrogen (secondary N) is 2. The molecule has 3 aliphatic heterocycles. The van der Waals surface area contributed by atoms with Gasteiger partial charge >= 0.3 is 6.18 Å². The molecular weight excluding hydrogens is 1030 g/mol. The quantitative estimate of drug-likeness (QED) is 0.0628. The van der Waals surface area contributed by atoms with Crippen molar-refractivity contribution in [3.63, 3.8) is 0 Å². The van der Waals surface area contributed by atoms with Crippen LogP contribution in [0.5, 0.6) is 17.2 Å². The molecule has 3 amide bonds. The van der Waals surface area contributed by atoms with Gasteiger partial charge in [0.25, 0.3) is 5.91 Å². The van der Waals surface area contributed by atoms with E-state index in [-0.39, 0.29) is 40.5 Å². The lowest BCUT2D eigenvalue weighted by atomic mass is 9.90. The average Bonchev–Trinajstić information content (AvgIpc) is 3.99. The van der Waals surface area contributed by atoms with Gasteiger partial charge in [0.2, 0.25) is 23.6 Å². The van der Waals surface area contributed by atoms with Gasteiger partial charge in [0.05, 0.1) is 17.8 Å². The Bertz CT molecular complexity index is 3390. The number of carbonyl (C=O) groups is 3. The third-order valence-electron chi connectivity index (χ3n) is 15.3. The molecule has 5 aromatic carbocycles. The second-order valence-electron chi connectivity index (χ2n) is 21.1. The van der Waals surface area contributed by atoms with Crippen LogP contribution >= 0.6 is 0 Å². The molecule has 2 fully saturated rings. The number of phenols is 3.